The van der Waals surface area contributed by atoms with Crippen LogP contribution in [0.25, 0.3) is 0 Å². The molecule has 7 nitrogen and oxygen atoms in total. The van der Waals surface area contributed by atoms with E-state index in [1.807, 2.05) is 24.3 Å². The summed E-state index contributed by atoms with van der Waals surface area (Å²) in [4.78, 5) is 12.3. The molecule has 2 aliphatic rings. The summed E-state index contributed by atoms with van der Waals surface area (Å²) >= 11 is 0. The zero-order valence-electron chi connectivity index (χ0n) is 14.2. The molecular weight excluding hydrogens is 318 g/mol. The summed E-state index contributed by atoms with van der Waals surface area (Å²) in [5.41, 5.74) is 1.03. The van der Waals surface area contributed by atoms with Crippen LogP contribution in [-0.4, -0.2) is 27.4 Å². The maximum Gasteiger partial charge on any atom is 0.315 e. The van der Waals surface area contributed by atoms with E-state index in [1.54, 1.807) is 0 Å². The van der Waals surface area contributed by atoms with Crippen LogP contribution in [0.4, 0.5) is 4.79 Å². The Morgan fingerprint density at radius 3 is 3.12 bits per heavy atom. The van der Waals surface area contributed by atoms with Gasteiger partial charge in [-0.05, 0) is 18.9 Å². The molecule has 3 heterocycles. The minimum absolute atomic E-state index is 0.0273. The number of ether oxygens (including phenoxy) is 1. The molecule has 2 N–H and O–H groups in total. The number of rotatable bonds is 3. The highest BCUT2D eigenvalue weighted by Gasteiger charge is 2.23. The summed E-state index contributed by atoms with van der Waals surface area (Å²) in [7, 11) is 0. The summed E-state index contributed by atoms with van der Waals surface area (Å²) < 4.78 is 7.78. The molecule has 0 saturated carbocycles. The van der Waals surface area contributed by atoms with Gasteiger partial charge < -0.3 is 19.9 Å². The largest absolute Gasteiger partial charge is 0.493 e. The zero-order valence-corrected chi connectivity index (χ0v) is 14.2. The van der Waals surface area contributed by atoms with Crippen molar-refractivity contribution in [3.8, 4) is 5.75 Å². The molecule has 1 atom stereocenters. The number of amides is 2. The number of carbonyl (C=O) groups excluding carboxylic acids is 1. The molecule has 2 aliphatic heterocycles. The number of nitrogens with one attached hydrogen (secondary N) is 2. The minimum Gasteiger partial charge on any atom is -0.493 e. The number of aromatic nitrogens is 3. The summed E-state index contributed by atoms with van der Waals surface area (Å²) in [6.45, 7) is 1.94. The molecule has 4 rings (SSSR count). The lowest BCUT2D eigenvalue weighted by atomic mass is 10.0. The van der Waals surface area contributed by atoms with Crippen molar-refractivity contribution >= 4 is 6.03 Å². The molecule has 25 heavy (non-hydrogen) atoms. The van der Waals surface area contributed by atoms with Gasteiger partial charge in [0, 0.05) is 24.9 Å². The molecule has 132 valence electrons. The van der Waals surface area contributed by atoms with E-state index < -0.39 is 0 Å². The van der Waals surface area contributed by atoms with Crippen LogP contribution in [0.15, 0.2) is 24.3 Å². The highest BCUT2D eigenvalue weighted by atomic mass is 16.5. The summed E-state index contributed by atoms with van der Waals surface area (Å²) in [5.74, 6) is 2.72. The average Bonchev–Trinajstić information content (AvgIpc) is 2.86. The fourth-order valence-electron chi connectivity index (χ4n) is 3.54. The van der Waals surface area contributed by atoms with Gasteiger partial charge in [0.1, 0.15) is 11.6 Å². The third-order valence-electron chi connectivity index (χ3n) is 4.86. The molecule has 2 aromatic rings. The molecule has 0 unspecified atom stereocenters. The third kappa shape index (κ3) is 3.45. The highest BCUT2D eigenvalue weighted by Crippen LogP contribution is 2.31. The topological polar surface area (TPSA) is 81.1 Å². The van der Waals surface area contributed by atoms with E-state index in [0.717, 1.165) is 55.2 Å². The Bertz CT molecular complexity index is 758. The van der Waals surface area contributed by atoms with Gasteiger partial charge in [-0.1, -0.05) is 24.6 Å². The van der Waals surface area contributed by atoms with E-state index in [9.17, 15) is 4.79 Å². The molecule has 0 radical (unpaired) electrons. The van der Waals surface area contributed by atoms with E-state index >= 15 is 0 Å². The number of nitrogens with zero attached hydrogens (tertiary/aromatic N) is 3. The van der Waals surface area contributed by atoms with Gasteiger partial charge in [0.05, 0.1) is 19.2 Å². The van der Waals surface area contributed by atoms with Gasteiger partial charge in [-0.2, -0.15) is 0 Å². The molecule has 0 bridgehead atoms. The predicted molar refractivity (Wildman–Crippen MR) is 92.2 cm³/mol. The predicted octanol–water partition coefficient (Wildman–Crippen LogP) is 2.33. The van der Waals surface area contributed by atoms with E-state index in [1.165, 1.54) is 6.42 Å². The van der Waals surface area contributed by atoms with Gasteiger partial charge in [0.25, 0.3) is 0 Å². The van der Waals surface area contributed by atoms with Crippen LogP contribution >= 0.6 is 0 Å². The number of hydrogen-bond acceptors (Lipinski definition) is 4. The van der Waals surface area contributed by atoms with Gasteiger partial charge in [0.2, 0.25) is 0 Å². The lowest BCUT2D eigenvalue weighted by Gasteiger charge is -2.26. The second-order valence-electron chi connectivity index (χ2n) is 6.55. The van der Waals surface area contributed by atoms with Crippen LogP contribution < -0.4 is 15.4 Å². The van der Waals surface area contributed by atoms with Crippen molar-refractivity contribution in [2.45, 2.75) is 51.2 Å². The fourth-order valence-corrected chi connectivity index (χ4v) is 3.54. The number of urea groups is 1. The van der Waals surface area contributed by atoms with Crippen LogP contribution in [0.2, 0.25) is 0 Å². The molecule has 0 spiro atoms. The van der Waals surface area contributed by atoms with Crippen molar-refractivity contribution in [3.05, 3.63) is 41.5 Å². The smallest absolute Gasteiger partial charge is 0.315 e. The number of benzene rings is 1. The number of aryl methyl sites for hydroxylation is 1. The molecule has 7 heteroatoms. The van der Waals surface area contributed by atoms with Crippen molar-refractivity contribution in [1.29, 1.82) is 0 Å². The van der Waals surface area contributed by atoms with Crippen LogP contribution in [0.3, 0.4) is 0 Å². The van der Waals surface area contributed by atoms with Gasteiger partial charge in [-0.15, -0.1) is 10.2 Å². The van der Waals surface area contributed by atoms with E-state index in [4.69, 9.17) is 4.74 Å². The van der Waals surface area contributed by atoms with E-state index in [-0.39, 0.29) is 12.1 Å². The van der Waals surface area contributed by atoms with Crippen LogP contribution in [0, 0.1) is 0 Å². The van der Waals surface area contributed by atoms with Crippen molar-refractivity contribution in [1.82, 2.24) is 25.4 Å². The molecule has 1 aromatic heterocycles. The lowest BCUT2D eigenvalue weighted by molar-refractivity contribution is 0.223. The van der Waals surface area contributed by atoms with E-state index in [0.29, 0.717) is 13.2 Å². The van der Waals surface area contributed by atoms with Gasteiger partial charge in [-0.3, -0.25) is 0 Å². The van der Waals surface area contributed by atoms with Gasteiger partial charge >= 0.3 is 6.03 Å². The second kappa shape index (κ2) is 7.13. The summed E-state index contributed by atoms with van der Waals surface area (Å²) in [6, 6.07) is 7.63. The Morgan fingerprint density at radius 1 is 1.24 bits per heavy atom. The van der Waals surface area contributed by atoms with E-state index in [2.05, 4.69) is 25.4 Å². The van der Waals surface area contributed by atoms with Gasteiger partial charge in [-0.25, -0.2) is 4.79 Å². The Kier molecular flexibility index (Phi) is 4.54. The highest BCUT2D eigenvalue weighted by molar-refractivity contribution is 5.74. The summed E-state index contributed by atoms with van der Waals surface area (Å²) in [5, 5.41) is 14.5. The van der Waals surface area contributed by atoms with Crippen LogP contribution in [0.5, 0.6) is 5.75 Å². The first kappa shape index (κ1) is 15.9. The molecule has 2 amide bonds. The zero-order chi connectivity index (χ0) is 17.1. The van der Waals surface area contributed by atoms with Crippen molar-refractivity contribution < 1.29 is 9.53 Å². The molecule has 0 fully saturated rings. The Morgan fingerprint density at radius 2 is 2.16 bits per heavy atom. The molecule has 0 saturated heterocycles. The Labute approximate surface area is 146 Å². The first-order chi connectivity index (χ1) is 12.3. The van der Waals surface area contributed by atoms with Gasteiger partial charge in [0.15, 0.2) is 5.82 Å². The first-order valence-corrected chi connectivity index (χ1v) is 8.98. The van der Waals surface area contributed by atoms with Crippen molar-refractivity contribution in [3.63, 3.8) is 0 Å². The first-order valence-electron chi connectivity index (χ1n) is 8.98. The van der Waals surface area contributed by atoms with Crippen molar-refractivity contribution in [2.24, 2.45) is 0 Å². The summed E-state index contributed by atoms with van der Waals surface area (Å²) in [6.07, 6.45) is 5.26. The average molecular weight is 341 g/mol. The SMILES string of the molecule is O=C(NCc1nnc2n1CCCCC2)N[C@@H]1CCOc2ccccc21. The minimum atomic E-state index is -0.187. The Balaban J connectivity index is 1.37. The quantitative estimate of drug-likeness (QED) is 0.898. The van der Waals surface area contributed by atoms with Crippen molar-refractivity contribution in [2.75, 3.05) is 6.61 Å². The number of para-hydroxylation sites is 1. The standard InChI is InChI=1S/C18H23N5O2/c24-18(20-14-9-11-25-15-7-4-3-6-13(14)15)19-12-17-22-21-16-8-2-1-5-10-23(16)17/h3-4,6-7,14H,1-2,5,8-12H2,(H2,19,20,24)/t14-/m1/s1. The number of carbonyl (C=O) groups is 1. The van der Waals surface area contributed by atoms with Crippen LogP contribution in [0.1, 0.15) is 48.9 Å². The molecule has 1 aromatic carbocycles. The third-order valence-corrected chi connectivity index (χ3v) is 4.86. The Hall–Kier alpha value is -2.57. The lowest BCUT2D eigenvalue weighted by Crippen LogP contribution is -2.39. The fraction of sp³-hybridized carbons (Fsp3) is 0.500. The number of fused-ring (bicyclic) bond motifs is 2. The number of hydrogen-bond donors (Lipinski definition) is 2. The van der Waals surface area contributed by atoms with Crippen LogP contribution in [-0.2, 0) is 19.5 Å². The second-order valence-corrected chi connectivity index (χ2v) is 6.55. The maximum absolute atomic E-state index is 12.3. The normalized spacial score (nSPS) is 19.1. The maximum atomic E-state index is 12.3. The monoisotopic (exact) mass is 341 g/mol. The molecular formula is C18H23N5O2. The molecule has 0 aliphatic carbocycles.